The molecule has 4 heteroatoms. The van der Waals surface area contributed by atoms with Crippen LogP contribution in [0.3, 0.4) is 0 Å². The molecule has 0 aromatic rings. The van der Waals surface area contributed by atoms with Gasteiger partial charge in [-0.25, -0.2) is 5.48 Å². The van der Waals surface area contributed by atoms with Crippen LogP contribution in [-0.2, 0) is 14.4 Å². The van der Waals surface area contributed by atoms with Crippen molar-refractivity contribution in [3.8, 4) is 0 Å². The van der Waals surface area contributed by atoms with E-state index in [0.717, 1.165) is 0 Å². The van der Waals surface area contributed by atoms with Crippen LogP contribution in [0.15, 0.2) is 0 Å². The maximum atomic E-state index is 10.8. The minimum Gasteiger partial charge on any atom is -0.469 e. The van der Waals surface area contributed by atoms with Gasteiger partial charge in [0.15, 0.2) is 0 Å². The molecule has 0 bridgehead atoms. The molecule has 4 nitrogen and oxygen atoms in total. The number of esters is 1. The van der Waals surface area contributed by atoms with Crippen molar-refractivity contribution in [1.82, 2.24) is 5.48 Å². The lowest BCUT2D eigenvalue weighted by Gasteiger charge is -2.08. The Kier molecular flexibility index (Phi) is 5.78. The Bertz CT molecular complexity index is 116. The smallest absolute Gasteiger partial charge is 0.309 e. The first kappa shape index (κ1) is 10.4. The van der Waals surface area contributed by atoms with Crippen LogP contribution in [-0.4, -0.2) is 26.2 Å². The lowest BCUT2D eigenvalue weighted by atomic mass is 10.2. The molecule has 0 radical (unpaired) electrons. The Balaban J connectivity index is 3.36. The Morgan fingerprint density at radius 1 is 1.64 bits per heavy atom. The van der Waals surface area contributed by atoms with Crippen molar-refractivity contribution in [2.45, 2.75) is 13.8 Å². The van der Waals surface area contributed by atoms with Crippen molar-refractivity contribution in [1.29, 1.82) is 0 Å². The van der Waals surface area contributed by atoms with Gasteiger partial charge in [0.25, 0.3) is 0 Å². The molecule has 0 aliphatic carbocycles. The molecule has 0 saturated carbocycles. The van der Waals surface area contributed by atoms with Gasteiger partial charge in [0.2, 0.25) is 0 Å². The molecule has 0 aromatic carbocycles. The fourth-order valence-corrected chi connectivity index (χ4v) is 0.571. The van der Waals surface area contributed by atoms with Gasteiger partial charge < -0.3 is 9.57 Å². The number of nitrogens with one attached hydrogen (secondary N) is 1. The summed E-state index contributed by atoms with van der Waals surface area (Å²) in [7, 11) is 1.37. The number of carbonyl (C=O) groups is 1. The fourth-order valence-electron chi connectivity index (χ4n) is 0.571. The zero-order valence-electron chi connectivity index (χ0n) is 7.22. The highest BCUT2D eigenvalue weighted by atomic mass is 16.6. The highest BCUT2D eigenvalue weighted by Gasteiger charge is 2.11. The summed E-state index contributed by atoms with van der Waals surface area (Å²) in [6.45, 7) is 4.72. The predicted molar refractivity (Wildman–Crippen MR) is 40.8 cm³/mol. The molecule has 66 valence electrons. The highest BCUT2D eigenvalue weighted by molar-refractivity contribution is 5.71. The molecular weight excluding hydrogens is 146 g/mol. The van der Waals surface area contributed by atoms with E-state index < -0.39 is 0 Å². The van der Waals surface area contributed by atoms with Crippen LogP contribution in [0.25, 0.3) is 0 Å². The van der Waals surface area contributed by atoms with Crippen LogP contribution in [0, 0.1) is 5.92 Å². The summed E-state index contributed by atoms with van der Waals surface area (Å²) in [6, 6.07) is 0. The van der Waals surface area contributed by atoms with E-state index >= 15 is 0 Å². The van der Waals surface area contributed by atoms with Crippen LogP contribution < -0.4 is 5.48 Å². The van der Waals surface area contributed by atoms with E-state index in [1.54, 1.807) is 6.92 Å². The van der Waals surface area contributed by atoms with E-state index in [1.165, 1.54) is 7.11 Å². The molecule has 0 amide bonds. The number of hydroxylamine groups is 1. The molecule has 1 N–H and O–H groups in total. The molecule has 0 spiro atoms. The first-order valence-electron chi connectivity index (χ1n) is 3.64. The molecule has 0 aliphatic heterocycles. The van der Waals surface area contributed by atoms with Gasteiger partial charge >= 0.3 is 5.97 Å². The van der Waals surface area contributed by atoms with Crippen LogP contribution in [0.2, 0.25) is 0 Å². The number of rotatable bonds is 5. The molecule has 0 rings (SSSR count). The SMILES string of the molecule is CCONCC(C)C(=O)OC. The standard InChI is InChI=1S/C7H15NO3/c1-4-11-8-5-6(2)7(9)10-3/h6,8H,4-5H2,1-3H3. The molecule has 0 heterocycles. The largest absolute Gasteiger partial charge is 0.469 e. The summed E-state index contributed by atoms with van der Waals surface area (Å²) < 4.78 is 4.51. The quantitative estimate of drug-likeness (QED) is 0.359. The molecule has 1 atom stereocenters. The average Bonchev–Trinajstić information content (AvgIpc) is 2.03. The van der Waals surface area contributed by atoms with Gasteiger partial charge in [-0.3, -0.25) is 4.79 Å². The monoisotopic (exact) mass is 161 g/mol. The summed E-state index contributed by atoms with van der Waals surface area (Å²) in [5.41, 5.74) is 2.65. The van der Waals surface area contributed by atoms with E-state index in [4.69, 9.17) is 4.84 Å². The number of hydrogen-bond acceptors (Lipinski definition) is 4. The van der Waals surface area contributed by atoms with Crippen LogP contribution >= 0.6 is 0 Å². The Hall–Kier alpha value is -0.610. The van der Waals surface area contributed by atoms with Gasteiger partial charge in [-0.15, -0.1) is 0 Å². The Morgan fingerprint density at radius 2 is 2.27 bits per heavy atom. The number of methoxy groups -OCH3 is 1. The topological polar surface area (TPSA) is 47.6 Å². The predicted octanol–water partition coefficient (Wildman–Crippen LogP) is 0.337. The third-order valence-corrected chi connectivity index (χ3v) is 1.24. The zero-order chi connectivity index (χ0) is 8.69. The van der Waals surface area contributed by atoms with Gasteiger partial charge in [-0.05, 0) is 6.92 Å². The minimum absolute atomic E-state index is 0.161. The Labute approximate surface area is 66.8 Å². The van der Waals surface area contributed by atoms with Crippen molar-refractivity contribution in [2.75, 3.05) is 20.3 Å². The maximum Gasteiger partial charge on any atom is 0.309 e. The van der Waals surface area contributed by atoms with Crippen molar-refractivity contribution < 1.29 is 14.4 Å². The van der Waals surface area contributed by atoms with Gasteiger partial charge in [0.05, 0.1) is 19.6 Å². The number of hydrogen-bond donors (Lipinski definition) is 1. The summed E-state index contributed by atoms with van der Waals surface area (Å²) in [5, 5.41) is 0. The summed E-state index contributed by atoms with van der Waals surface area (Å²) in [4.78, 5) is 15.6. The third kappa shape index (κ3) is 4.75. The van der Waals surface area contributed by atoms with Crippen LogP contribution in [0.4, 0.5) is 0 Å². The Morgan fingerprint density at radius 3 is 2.73 bits per heavy atom. The van der Waals surface area contributed by atoms with Crippen LogP contribution in [0.1, 0.15) is 13.8 Å². The van der Waals surface area contributed by atoms with Crippen LogP contribution in [0.5, 0.6) is 0 Å². The van der Waals surface area contributed by atoms with E-state index in [1.807, 2.05) is 6.92 Å². The second kappa shape index (κ2) is 6.12. The van der Waals surface area contributed by atoms with E-state index in [0.29, 0.717) is 13.2 Å². The maximum absolute atomic E-state index is 10.8. The van der Waals surface area contributed by atoms with E-state index in [2.05, 4.69) is 10.2 Å². The van der Waals surface area contributed by atoms with Gasteiger partial charge in [0, 0.05) is 6.54 Å². The first-order valence-corrected chi connectivity index (χ1v) is 3.64. The van der Waals surface area contributed by atoms with Crippen molar-refractivity contribution in [3.05, 3.63) is 0 Å². The van der Waals surface area contributed by atoms with E-state index in [9.17, 15) is 4.79 Å². The van der Waals surface area contributed by atoms with Crippen molar-refractivity contribution in [3.63, 3.8) is 0 Å². The van der Waals surface area contributed by atoms with E-state index in [-0.39, 0.29) is 11.9 Å². The molecule has 0 fully saturated rings. The average molecular weight is 161 g/mol. The van der Waals surface area contributed by atoms with Gasteiger partial charge in [0.1, 0.15) is 0 Å². The number of ether oxygens (including phenoxy) is 1. The normalized spacial score (nSPS) is 12.6. The summed E-state index contributed by atoms with van der Waals surface area (Å²) in [6.07, 6.45) is 0. The summed E-state index contributed by atoms with van der Waals surface area (Å²) >= 11 is 0. The molecule has 11 heavy (non-hydrogen) atoms. The zero-order valence-corrected chi connectivity index (χ0v) is 7.22. The van der Waals surface area contributed by atoms with Crippen molar-refractivity contribution >= 4 is 5.97 Å². The van der Waals surface area contributed by atoms with Gasteiger partial charge in [-0.1, -0.05) is 6.92 Å². The minimum atomic E-state index is -0.225. The fraction of sp³-hybridized carbons (Fsp3) is 0.857. The first-order chi connectivity index (χ1) is 5.22. The second-order valence-electron chi connectivity index (χ2n) is 2.21. The molecule has 1 unspecified atom stereocenters. The molecule has 0 saturated heterocycles. The molecule has 0 aromatic heterocycles. The second-order valence-corrected chi connectivity index (χ2v) is 2.21. The molecular formula is C7H15NO3. The number of carbonyl (C=O) groups excluding carboxylic acids is 1. The third-order valence-electron chi connectivity index (χ3n) is 1.24. The highest BCUT2D eigenvalue weighted by Crippen LogP contribution is 1.94. The summed E-state index contributed by atoms with van der Waals surface area (Å²) in [5.74, 6) is -0.385. The molecule has 0 aliphatic rings. The van der Waals surface area contributed by atoms with Gasteiger partial charge in [-0.2, -0.15) is 0 Å². The lowest BCUT2D eigenvalue weighted by molar-refractivity contribution is -0.145. The lowest BCUT2D eigenvalue weighted by Crippen LogP contribution is -2.27. The van der Waals surface area contributed by atoms with Crippen molar-refractivity contribution in [2.24, 2.45) is 5.92 Å².